The number of aliphatic hydroxyl groups is 1. The highest BCUT2D eigenvalue weighted by atomic mass is 32.2. The molecule has 1 aliphatic heterocycles. The van der Waals surface area contributed by atoms with Crippen LogP contribution in [-0.4, -0.2) is 89.3 Å². The fourth-order valence-electron chi connectivity index (χ4n) is 4.43. The van der Waals surface area contributed by atoms with Gasteiger partial charge in [-0.1, -0.05) is 18.2 Å². The van der Waals surface area contributed by atoms with E-state index in [4.69, 9.17) is 0 Å². The summed E-state index contributed by atoms with van der Waals surface area (Å²) >= 11 is -0.966. The Kier molecular flexibility index (Phi) is 7.89. The number of nitrogens with zero attached hydrogens (tertiary/aromatic N) is 6. The molecule has 3 heterocycles. The molecule has 2 unspecified atom stereocenters. The van der Waals surface area contributed by atoms with E-state index in [1.54, 1.807) is 18.7 Å². The van der Waals surface area contributed by atoms with Gasteiger partial charge in [-0.15, -0.1) is 0 Å². The van der Waals surface area contributed by atoms with Crippen LogP contribution in [-0.2, 0) is 31.8 Å². The van der Waals surface area contributed by atoms with E-state index in [0.29, 0.717) is 23.5 Å². The van der Waals surface area contributed by atoms with Gasteiger partial charge in [0.05, 0.1) is 19.0 Å². The second-order valence-electron chi connectivity index (χ2n) is 8.80. The van der Waals surface area contributed by atoms with Crippen LogP contribution in [0.2, 0.25) is 0 Å². The molecular weight excluding hydrogens is 456 g/mol. The van der Waals surface area contributed by atoms with Crippen LogP contribution in [0.15, 0.2) is 51.1 Å². The highest BCUT2D eigenvalue weighted by Gasteiger charge is 2.22. The van der Waals surface area contributed by atoms with Gasteiger partial charge in [0.2, 0.25) is 0 Å². The summed E-state index contributed by atoms with van der Waals surface area (Å²) < 4.78 is 16.4. The van der Waals surface area contributed by atoms with Crippen LogP contribution in [0.1, 0.15) is 6.42 Å². The molecule has 2 aromatic heterocycles. The number of aromatic nitrogens is 4. The minimum atomic E-state index is -0.966. The van der Waals surface area contributed by atoms with Crippen molar-refractivity contribution in [2.75, 3.05) is 45.0 Å². The van der Waals surface area contributed by atoms with Gasteiger partial charge in [-0.25, -0.2) is 9.78 Å². The molecule has 1 fully saturated rings. The lowest BCUT2D eigenvalue weighted by molar-refractivity contribution is 0.0632. The first-order valence-electron chi connectivity index (χ1n) is 11.5. The molecule has 1 aromatic carbocycles. The van der Waals surface area contributed by atoms with Gasteiger partial charge in [-0.2, -0.15) is 0 Å². The van der Waals surface area contributed by atoms with E-state index in [9.17, 15) is 19.2 Å². The lowest BCUT2D eigenvalue weighted by Gasteiger charge is -2.35. The van der Waals surface area contributed by atoms with Crippen LogP contribution < -0.4 is 11.2 Å². The molecule has 0 aliphatic carbocycles. The van der Waals surface area contributed by atoms with Crippen molar-refractivity contribution < 1.29 is 9.66 Å². The molecule has 10 nitrogen and oxygen atoms in total. The number of benzene rings is 1. The summed E-state index contributed by atoms with van der Waals surface area (Å²) in [5.74, 6) is 0.646. The van der Waals surface area contributed by atoms with Crippen molar-refractivity contribution in [1.29, 1.82) is 0 Å². The van der Waals surface area contributed by atoms with Crippen LogP contribution >= 0.6 is 0 Å². The molecule has 0 spiro atoms. The zero-order valence-electron chi connectivity index (χ0n) is 19.7. The summed E-state index contributed by atoms with van der Waals surface area (Å²) in [6, 6.07) is 9.55. The maximum Gasteiger partial charge on any atom is 0.332 e. The molecule has 0 saturated carbocycles. The van der Waals surface area contributed by atoms with Crippen LogP contribution in [0, 0.1) is 0 Å². The Morgan fingerprint density at radius 2 is 1.74 bits per heavy atom. The molecule has 1 saturated heterocycles. The summed E-state index contributed by atoms with van der Waals surface area (Å²) in [5, 5.41) is 10.6. The lowest BCUT2D eigenvalue weighted by atomic mass is 10.2. The Labute approximate surface area is 201 Å². The SMILES string of the molecule is Cn1cnc2c1c(=O)n(CC(O)CN1CCN(CCC[S+]([O-])c3ccccc3)CC1)c(=O)n2C. The van der Waals surface area contributed by atoms with E-state index in [1.807, 2.05) is 30.3 Å². The van der Waals surface area contributed by atoms with Crippen molar-refractivity contribution in [3.63, 3.8) is 0 Å². The lowest BCUT2D eigenvalue weighted by Crippen LogP contribution is -2.50. The van der Waals surface area contributed by atoms with Gasteiger partial charge in [-0.05, 0) is 23.3 Å². The van der Waals surface area contributed by atoms with E-state index in [2.05, 4.69) is 14.8 Å². The number of rotatable bonds is 9. The van der Waals surface area contributed by atoms with Gasteiger partial charge in [0.1, 0.15) is 5.75 Å². The van der Waals surface area contributed by atoms with Crippen molar-refractivity contribution >= 4 is 22.3 Å². The number of hydrogen-bond donors (Lipinski definition) is 1. The van der Waals surface area contributed by atoms with Crippen LogP contribution in [0.4, 0.5) is 0 Å². The summed E-state index contributed by atoms with van der Waals surface area (Å²) in [5.41, 5.74) is -0.231. The molecule has 0 amide bonds. The largest absolute Gasteiger partial charge is 0.611 e. The smallest absolute Gasteiger partial charge is 0.332 e. The molecule has 184 valence electrons. The Morgan fingerprint density at radius 3 is 2.44 bits per heavy atom. The maximum atomic E-state index is 12.8. The molecule has 0 radical (unpaired) electrons. The predicted octanol–water partition coefficient (Wildman–Crippen LogP) is -0.390. The molecule has 4 rings (SSSR count). The van der Waals surface area contributed by atoms with Crippen molar-refractivity contribution in [1.82, 2.24) is 28.5 Å². The number of fused-ring (bicyclic) bond motifs is 1. The van der Waals surface area contributed by atoms with Crippen molar-refractivity contribution in [2.45, 2.75) is 24.0 Å². The Morgan fingerprint density at radius 1 is 1.06 bits per heavy atom. The number of β-amino-alcohol motifs (C(OH)–C–C–N with tert-alkyl or cyclic N) is 1. The van der Waals surface area contributed by atoms with Crippen molar-refractivity contribution in [2.24, 2.45) is 14.1 Å². The number of piperazine rings is 1. The highest BCUT2D eigenvalue weighted by Crippen LogP contribution is 2.12. The number of imidazole rings is 1. The molecule has 1 aliphatic rings. The van der Waals surface area contributed by atoms with Crippen LogP contribution in [0.3, 0.4) is 0 Å². The maximum absolute atomic E-state index is 12.8. The first kappa shape index (κ1) is 24.7. The third-order valence-corrected chi connectivity index (χ3v) is 7.80. The monoisotopic (exact) mass is 488 g/mol. The molecular formula is C23H32N6O4S. The fourth-order valence-corrected chi connectivity index (χ4v) is 5.52. The Hall–Kier alpha value is -2.44. The van der Waals surface area contributed by atoms with E-state index in [1.165, 1.54) is 10.9 Å². The number of aliphatic hydroxyl groups excluding tert-OH is 1. The third-order valence-electron chi connectivity index (χ3n) is 6.34. The third kappa shape index (κ3) is 5.44. The molecule has 11 heteroatoms. The van der Waals surface area contributed by atoms with Gasteiger partial charge in [0, 0.05) is 59.8 Å². The normalized spacial score (nSPS) is 17.3. The molecule has 1 N–H and O–H groups in total. The van der Waals surface area contributed by atoms with E-state index >= 15 is 0 Å². The second-order valence-corrected chi connectivity index (χ2v) is 10.4. The zero-order chi connectivity index (χ0) is 24.2. The average molecular weight is 489 g/mol. The molecule has 0 bridgehead atoms. The van der Waals surface area contributed by atoms with Crippen LogP contribution in [0.25, 0.3) is 11.2 Å². The first-order chi connectivity index (χ1) is 16.3. The summed E-state index contributed by atoms with van der Waals surface area (Å²) in [6.45, 7) is 4.56. The molecule has 3 aromatic rings. The van der Waals surface area contributed by atoms with E-state index in [0.717, 1.165) is 48.6 Å². The first-order valence-corrected chi connectivity index (χ1v) is 12.8. The van der Waals surface area contributed by atoms with Gasteiger partial charge in [0.25, 0.3) is 5.56 Å². The van der Waals surface area contributed by atoms with Gasteiger partial charge >= 0.3 is 5.69 Å². The molecule has 2 atom stereocenters. The number of hydrogen-bond acceptors (Lipinski definition) is 7. The minimum Gasteiger partial charge on any atom is -0.611 e. The van der Waals surface area contributed by atoms with E-state index < -0.39 is 28.5 Å². The highest BCUT2D eigenvalue weighted by molar-refractivity contribution is 7.91. The molecule has 34 heavy (non-hydrogen) atoms. The zero-order valence-corrected chi connectivity index (χ0v) is 20.5. The van der Waals surface area contributed by atoms with Gasteiger partial charge in [0.15, 0.2) is 16.1 Å². The minimum absolute atomic E-state index is 0.0574. The summed E-state index contributed by atoms with van der Waals surface area (Å²) in [4.78, 5) is 35.0. The topological polar surface area (TPSA) is 112 Å². The van der Waals surface area contributed by atoms with Gasteiger partial charge in [-0.3, -0.25) is 18.8 Å². The Balaban J connectivity index is 1.25. The summed E-state index contributed by atoms with van der Waals surface area (Å²) in [7, 11) is 3.29. The Bertz CT molecular complexity index is 1220. The predicted molar refractivity (Wildman–Crippen MR) is 131 cm³/mol. The standard InChI is InChI=1S/C23H32N6O4S/c1-25-17-24-21-20(25)22(31)29(23(32)26(21)2)16-18(30)15-28-12-10-27(11-13-28)9-6-14-34(33)19-7-4-3-5-8-19/h3-5,7-8,17-18,30H,6,9-16H2,1-2H3. The quantitative estimate of drug-likeness (QED) is 0.408. The number of aryl methyl sites for hydroxylation is 2. The van der Waals surface area contributed by atoms with Gasteiger partial charge < -0.3 is 19.1 Å². The van der Waals surface area contributed by atoms with Crippen molar-refractivity contribution in [3.8, 4) is 0 Å². The second kappa shape index (κ2) is 10.9. The average Bonchev–Trinajstić information content (AvgIpc) is 3.23. The van der Waals surface area contributed by atoms with Crippen molar-refractivity contribution in [3.05, 3.63) is 57.5 Å². The van der Waals surface area contributed by atoms with Crippen LogP contribution in [0.5, 0.6) is 0 Å². The van der Waals surface area contributed by atoms with E-state index in [-0.39, 0.29) is 6.54 Å². The summed E-state index contributed by atoms with van der Waals surface area (Å²) in [6.07, 6.45) is 1.54. The fraction of sp³-hybridized carbons (Fsp3) is 0.522.